The molecule has 0 aromatic carbocycles. The van der Waals surface area contributed by atoms with Gasteiger partial charge in [-0.15, -0.1) is 0 Å². The maximum atomic E-state index is 4.15. The summed E-state index contributed by atoms with van der Waals surface area (Å²) in [5.41, 5.74) is 3.49. The lowest BCUT2D eigenvalue weighted by Gasteiger charge is -2.10. The summed E-state index contributed by atoms with van der Waals surface area (Å²) in [6.07, 6.45) is 1.62. The summed E-state index contributed by atoms with van der Waals surface area (Å²) in [5, 5.41) is 0. The van der Waals surface area contributed by atoms with Crippen molar-refractivity contribution in [3.05, 3.63) is 23.3 Å². The van der Waals surface area contributed by atoms with Crippen LogP contribution in [0.15, 0.2) is 6.33 Å². The summed E-state index contributed by atoms with van der Waals surface area (Å²) in [4.78, 5) is 8.30. The van der Waals surface area contributed by atoms with Crippen LogP contribution >= 0.6 is 0 Å². The molecule has 1 heterocycles. The Morgan fingerprint density at radius 1 is 1.09 bits per heavy atom. The van der Waals surface area contributed by atoms with Crippen LogP contribution in [0.3, 0.4) is 0 Å². The van der Waals surface area contributed by atoms with Crippen molar-refractivity contribution in [2.45, 2.75) is 33.6 Å². The average molecular weight is 150 g/mol. The predicted octanol–water partition coefficient (Wildman–Crippen LogP) is 2.22. The highest BCUT2D eigenvalue weighted by atomic mass is 14.8. The molecule has 1 aromatic rings. The summed E-state index contributed by atoms with van der Waals surface area (Å²) in [7, 11) is 0. The predicted molar refractivity (Wildman–Crippen MR) is 45.6 cm³/mol. The SMILES string of the molecule is Cc1ncnc(C)c1C(C)C. The van der Waals surface area contributed by atoms with Crippen molar-refractivity contribution in [1.29, 1.82) is 0 Å². The molecule has 0 aliphatic rings. The largest absolute Gasteiger partial charge is 0.241 e. The minimum absolute atomic E-state index is 0.524. The summed E-state index contributed by atoms with van der Waals surface area (Å²) >= 11 is 0. The van der Waals surface area contributed by atoms with Crippen molar-refractivity contribution in [3.63, 3.8) is 0 Å². The van der Waals surface area contributed by atoms with E-state index in [-0.39, 0.29) is 0 Å². The molecule has 0 spiro atoms. The van der Waals surface area contributed by atoms with Crippen molar-refractivity contribution in [2.75, 3.05) is 0 Å². The first-order valence-corrected chi connectivity index (χ1v) is 3.91. The van der Waals surface area contributed by atoms with E-state index < -0.39 is 0 Å². The number of aromatic nitrogens is 2. The van der Waals surface area contributed by atoms with E-state index in [4.69, 9.17) is 0 Å². The molecule has 0 N–H and O–H groups in total. The van der Waals surface area contributed by atoms with Gasteiger partial charge in [0.2, 0.25) is 0 Å². The van der Waals surface area contributed by atoms with E-state index in [1.807, 2.05) is 13.8 Å². The van der Waals surface area contributed by atoms with E-state index in [0.717, 1.165) is 11.4 Å². The van der Waals surface area contributed by atoms with Crippen LogP contribution in [0.25, 0.3) is 0 Å². The lowest BCUT2D eigenvalue weighted by molar-refractivity contribution is 0.811. The Labute approximate surface area is 67.7 Å². The lowest BCUT2D eigenvalue weighted by Crippen LogP contribution is -2.00. The van der Waals surface area contributed by atoms with Crippen LogP contribution in [0.5, 0.6) is 0 Å². The molecule has 0 radical (unpaired) electrons. The van der Waals surface area contributed by atoms with Crippen LogP contribution in [-0.4, -0.2) is 9.97 Å². The van der Waals surface area contributed by atoms with Gasteiger partial charge in [-0.05, 0) is 25.3 Å². The van der Waals surface area contributed by atoms with Crippen LogP contribution in [0.2, 0.25) is 0 Å². The molecule has 0 fully saturated rings. The molecule has 60 valence electrons. The maximum absolute atomic E-state index is 4.15. The van der Waals surface area contributed by atoms with Crippen molar-refractivity contribution in [3.8, 4) is 0 Å². The second-order valence-corrected chi connectivity index (χ2v) is 3.11. The summed E-state index contributed by atoms with van der Waals surface area (Å²) in [5.74, 6) is 0.524. The molecule has 11 heavy (non-hydrogen) atoms. The van der Waals surface area contributed by atoms with E-state index in [9.17, 15) is 0 Å². The van der Waals surface area contributed by atoms with Gasteiger partial charge in [0.15, 0.2) is 0 Å². The molecule has 0 saturated heterocycles. The molecule has 0 aliphatic heterocycles. The van der Waals surface area contributed by atoms with Gasteiger partial charge in [-0.25, -0.2) is 9.97 Å². The fourth-order valence-electron chi connectivity index (χ4n) is 1.44. The Hall–Kier alpha value is -0.920. The summed E-state index contributed by atoms with van der Waals surface area (Å²) < 4.78 is 0. The van der Waals surface area contributed by atoms with Gasteiger partial charge in [-0.1, -0.05) is 13.8 Å². The number of hydrogen-bond acceptors (Lipinski definition) is 2. The van der Waals surface area contributed by atoms with Crippen LogP contribution in [0.1, 0.15) is 36.7 Å². The zero-order chi connectivity index (χ0) is 8.43. The topological polar surface area (TPSA) is 25.8 Å². The van der Waals surface area contributed by atoms with E-state index in [0.29, 0.717) is 5.92 Å². The molecular formula is C9H14N2. The quantitative estimate of drug-likeness (QED) is 0.613. The zero-order valence-corrected chi connectivity index (χ0v) is 7.55. The van der Waals surface area contributed by atoms with Gasteiger partial charge in [-0.2, -0.15) is 0 Å². The molecule has 2 heteroatoms. The highest BCUT2D eigenvalue weighted by Gasteiger charge is 2.07. The standard InChI is InChI=1S/C9H14N2/c1-6(2)9-7(3)10-5-11-8(9)4/h5-6H,1-4H3. The van der Waals surface area contributed by atoms with Crippen LogP contribution in [0, 0.1) is 13.8 Å². The molecule has 0 bridgehead atoms. The Morgan fingerprint density at radius 2 is 1.55 bits per heavy atom. The second kappa shape index (κ2) is 2.99. The molecule has 0 saturated carbocycles. The van der Waals surface area contributed by atoms with Gasteiger partial charge in [0.25, 0.3) is 0 Å². The fraction of sp³-hybridized carbons (Fsp3) is 0.556. The maximum Gasteiger partial charge on any atom is 0.115 e. The Bertz CT molecular complexity index is 233. The monoisotopic (exact) mass is 150 g/mol. The highest BCUT2D eigenvalue weighted by Crippen LogP contribution is 2.18. The van der Waals surface area contributed by atoms with Crippen LogP contribution in [-0.2, 0) is 0 Å². The number of nitrogens with zero attached hydrogens (tertiary/aromatic N) is 2. The van der Waals surface area contributed by atoms with Gasteiger partial charge >= 0.3 is 0 Å². The molecule has 0 amide bonds. The van der Waals surface area contributed by atoms with Crippen molar-refractivity contribution >= 4 is 0 Å². The minimum Gasteiger partial charge on any atom is -0.241 e. The number of rotatable bonds is 1. The molecule has 0 aliphatic carbocycles. The lowest BCUT2D eigenvalue weighted by atomic mass is 10.0. The fourth-order valence-corrected chi connectivity index (χ4v) is 1.44. The van der Waals surface area contributed by atoms with Gasteiger partial charge in [-0.3, -0.25) is 0 Å². The van der Waals surface area contributed by atoms with Crippen molar-refractivity contribution in [2.24, 2.45) is 0 Å². The zero-order valence-electron chi connectivity index (χ0n) is 7.55. The summed E-state index contributed by atoms with van der Waals surface area (Å²) in [6, 6.07) is 0. The van der Waals surface area contributed by atoms with E-state index in [2.05, 4.69) is 23.8 Å². The number of hydrogen-bond donors (Lipinski definition) is 0. The van der Waals surface area contributed by atoms with Gasteiger partial charge in [0.1, 0.15) is 6.33 Å². The molecule has 1 rings (SSSR count). The first kappa shape index (κ1) is 8.18. The smallest absolute Gasteiger partial charge is 0.115 e. The Morgan fingerprint density at radius 3 is 1.82 bits per heavy atom. The van der Waals surface area contributed by atoms with Gasteiger partial charge in [0.05, 0.1) is 0 Å². The number of aryl methyl sites for hydroxylation is 2. The normalized spacial score (nSPS) is 10.6. The molecular weight excluding hydrogens is 136 g/mol. The van der Waals surface area contributed by atoms with Crippen LogP contribution in [0.4, 0.5) is 0 Å². The molecule has 0 unspecified atom stereocenters. The average Bonchev–Trinajstić information content (AvgIpc) is 1.85. The minimum atomic E-state index is 0.524. The van der Waals surface area contributed by atoms with Gasteiger partial charge < -0.3 is 0 Å². The van der Waals surface area contributed by atoms with E-state index >= 15 is 0 Å². The third-order valence-electron chi connectivity index (χ3n) is 1.86. The highest BCUT2D eigenvalue weighted by molar-refractivity contribution is 5.25. The van der Waals surface area contributed by atoms with Gasteiger partial charge in [0, 0.05) is 11.4 Å². The van der Waals surface area contributed by atoms with E-state index in [1.54, 1.807) is 6.33 Å². The van der Waals surface area contributed by atoms with Crippen LogP contribution < -0.4 is 0 Å². The Kier molecular flexibility index (Phi) is 2.22. The van der Waals surface area contributed by atoms with Crippen molar-refractivity contribution < 1.29 is 0 Å². The molecule has 0 atom stereocenters. The first-order chi connectivity index (χ1) is 5.13. The van der Waals surface area contributed by atoms with E-state index in [1.165, 1.54) is 5.56 Å². The second-order valence-electron chi connectivity index (χ2n) is 3.11. The molecule has 1 aromatic heterocycles. The molecule has 2 nitrogen and oxygen atoms in total. The summed E-state index contributed by atoms with van der Waals surface area (Å²) in [6.45, 7) is 8.39. The first-order valence-electron chi connectivity index (χ1n) is 3.91. The Balaban J connectivity index is 3.21. The van der Waals surface area contributed by atoms with Crippen molar-refractivity contribution in [1.82, 2.24) is 9.97 Å². The third-order valence-corrected chi connectivity index (χ3v) is 1.86. The third kappa shape index (κ3) is 1.56.